The summed E-state index contributed by atoms with van der Waals surface area (Å²) < 4.78 is 12.7. The van der Waals surface area contributed by atoms with E-state index in [2.05, 4.69) is 15.8 Å². The molecule has 1 aromatic heterocycles. The molecule has 0 spiro atoms. The summed E-state index contributed by atoms with van der Waals surface area (Å²) in [4.78, 5) is 45.4. The molecule has 29 heavy (non-hydrogen) atoms. The molecule has 0 radical (unpaired) electrons. The molecule has 3 N–H and O–H groups in total. The highest BCUT2D eigenvalue weighted by molar-refractivity contribution is 5.97. The van der Waals surface area contributed by atoms with Crippen LogP contribution in [0.2, 0.25) is 0 Å². The van der Waals surface area contributed by atoms with Crippen molar-refractivity contribution in [1.29, 1.82) is 0 Å². The van der Waals surface area contributed by atoms with E-state index in [1.807, 2.05) is 30.3 Å². The van der Waals surface area contributed by atoms with Crippen LogP contribution in [0.25, 0.3) is 16.6 Å². The molecule has 1 unspecified atom stereocenters. The number of rotatable bonds is 8. The highest BCUT2D eigenvalue weighted by atomic mass is 19.1. The number of nitrogens with zero attached hydrogens (tertiary/aromatic N) is 1. The number of carboxylic acid groups (broad SMARTS) is 1. The predicted molar refractivity (Wildman–Crippen MR) is 102 cm³/mol. The normalized spacial score (nSPS) is 19.3. The number of carbonyl (C=O) groups excluding carboxylic acids is 2. The summed E-state index contributed by atoms with van der Waals surface area (Å²) in [5, 5.41) is 12.2. The van der Waals surface area contributed by atoms with Crippen molar-refractivity contribution in [3.63, 3.8) is 0 Å². The maximum Gasteiger partial charge on any atom is 0.305 e. The van der Waals surface area contributed by atoms with E-state index >= 15 is 0 Å². The number of hydroxylamine groups is 1. The van der Waals surface area contributed by atoms with Gasteiger partial charge >= 0.3 is 5.97 Å². The van der Waals surface area contributed by atoms with Crippen molar-refractivity contribution in [3.8, 4) is 0 Å². The number of para-hydroxylation sites is 1. The minimum Gasteiger partial charge on any atom is -0.481 e. The van der Waals surface area contributed by atoms with Crippen molar-refractivity contribution >= 4 is 34.3 Å². The number of alkyl halides is 1. The van der Waals surface area contributed by atoms with Crippen molar-refractivity contribution in [2.75, 3.05) is 6.67 Å². The first-order valence-corrected chi connectivity index (χ1v) is 9.03. The van der Waals surface area contributed by atoms with Crippen molar-refractivity contribution in [2.24, 2.45) is 0 Å². The van der Waals surface area contributed by atoms with Crippen LogP contribution in [0.5, 0.6) is 0 Å². The molecule has 0 saturated carbocycles. The first kappa shape index (κ1) is 20.4. The quantitative estimate of drug-likeness (QED) is 0.617. The lowest BCUT2D eigenvalue weighted by atomic mass is 9.97. The van der Waals surface area contributed by atoms with E-state index in [-0.39, 0.29) is 6.42 Å². The predicted octanol–water partition coefficient (Wildman–Crippen LogP) is 1.76. The summed E-state index contributed by atoms with van der Waals surface area (Å²) in [6.07, 6.45) is 0.994. The first-order valence-electron chi connectivity index (χ1n) is 9.03. The largest absolute Gasteiger partial charge is 0.481 e. The number of fused-ring (bicyclic) bond motifs is 1. The number of nitrogens with one attached hydrogen (secondary N) is 2. The second-order valence-corrected chi connectivity index (χ2v) is 6.62. The molecule has 3 rings (SSSR count). The smallest absolute Gasteiger partial charge is 0.305 e. The SMILES string of the molecule is CC[C@@]1(C(=O)NC(CC(=O)O)C(=O)CF)C=C(c2ccc3ccccc3n2)NO1. The number of carboxylic acids is 1. The van der Waals surface area contributed by atoms with Crippen molar-refractivity contribution in [1.82, 2.24) is 15.8 Å². The fourth-order valence-electron chi connectivity index (χ4n) is 3.02. The molecule has 1 amide bonds. The molecule has 0 saturated heterocycles. The molecule has 0 aliphatic carbocycles. The number of Topliss-reactive ketones (excluding diaryl/α,β-unsaturated/α-hetero) is 1. The Morgan fingerprint density at radius 1 is 1.28 bits per heavy atom. The number of aliphatic carboxylic acids is 1. The Morgan fingerprint density at radius 3 is 2.72 bits per heavy atom. The summed E-state index contributed by atoms with van der Waals surface area (Å²) in [7, 11) is 0. The number of amides is 1. The Balaban J connectivity index is 1.86. The van der Waals surface area contributed by atoms with Gasteiger partial charge in [-0.1, -0.05) is 31.2 Å². The Kier molecular flexibility index (Phi) is 5.88. The molecule has 0 fully saturated rings. The number of aromatic nitrogens is 1. The molecule has 1 aromatic carbocycles. The maximum absolute atomic E-state index is 12.8. The van der Waals surface area contributed by atoms with Gasteiger partial charge in [0.15, 0.2) is 11.4 Å². The number of hydrogen-bond donors (Lipinski definition) is 3. The zero-order valence-electron chi connectivity index (χ0n) is 15.6. The number of ketones is 1. The van der Waals surface area contributed by atoms with E-state index in [9.17, 15) is 18.8 Å². The molecule has 2 heterocycles. The number of benzene rings is 1. The fraction of sp³-hybridized carbons (Fsp3) is 0.300. The van der Waals surface area contributed by atoms with Crippen LogP contribution in [0.4, 0.5) is 4.39 Å². The standard InChI is InChI=1S/C20H20FN3O5/c1-2-20(19(28)23-15(9-18(26)27)17(25)11-21)10-16(24-29-20)14-8-7-12-5-3-4-6-13(12)22-14/h3-8,10,15,24H,2,9,11H2,1H3,(H,23,28)(H,26,27)/t15?,20-/m0/s1. The average molecular weight is 401 g/mol. The number of hydrogen-bond acceptors (Lipinski definition) is 6. The first-order chi connectivity index (χ1) is 13.9. The number of halogens is 1. The Morgan fingerprint density at radius 2 is 2.03 bits per heavy atom. The molecule has 0 bridgehead atoms. The third-order valence-electron chi connectivity index (χ3n) is 4.71. The molecule has 1 aliphatic rings. The van der Waals surface area contributed by atoms with Crippen LogP contribution in [-0.2, 0) is 19.2 Å². The van der Waals surface area contributed by atoms with Crippen molar-refractivity contribution < 1.29 is 28.7 Å². The van der Waals surface area contributed by atoms with E-state index in [1.54, 1.807) is 13.0 Å². The van der Waals surface area contributed by atoms with E-state index in [4.69, 9.17) is 9.94 Å². The fourth-order valence-corrected chi connectivity index (χ4v) is 3.02. The van der Waals surface area contributed by atoms with Crippen LogP contribution in [-0.4, -0.2) is 46.1 Å². The van der Waals surface area contributed by atoms with Crippen LogP contribution < -0.4 is 10.8 Å². The van der Waals surface area contributed by atoms with Gasteiger partial charge in [-0.05, 0) is 24.6 Å². The Bertz CT molecular complexity index is 993. The number of pyridine rings is 1. The summed E-state index contributed by atoms with van der Waals surface area (Å²) >= 11 is 0. The zero-order valence-corrected chi connectivity index (χ0v) is 15.6. The Hall–Kier alpha value is -3.33. The van der Waals surface area contributed by atoms with Crippen LogP contribution in [0, 0.1) is 0 Å². The van der Waals surface area contributed by atoms with E-state index in [0.717, 1.165) is 10.9 Å². The lowest BCUT2D eigenvalue weighted by Gasteiger charge is -2.25. The lowest BCUT2D eigenvalue weighted by Crippen LogP contribution is -2.53. The van der Waals surface area contributed by atoms with Gasteiger partial charge in [0.2, 0.25) is 0 Å². The molecule has 2 aromatic rings. The minimum atomic E-state index is -1.49. The number of carbonyl (C=O) groups is 3. The van der Waals surface area contributed by atoms with Gasteiger partial charge in [0.25, 0.3) is 5.91 Å². The van der Waals surface area contributed by atoms with E-state index < -0.39 is 42.4 Å². The highest BCUT2D eigenvalue weighted by Gasteiger charge is 2.43. The van der Waals surface area contributed by atoms with Crippen molar-refractivity contribution in [2.45, 2.75) is 31.4 Å². The second-order valence-electron chi connectivity index (χ2n) is 6.62. The molecular weight excluding hydrogens is 381 g/mol. The third-order valence-corrected chi connectivity index (χ3v) is 4.71. The molecule has 8 nitrogen and oxygen atoms in total. The van der Waals surface area contributed by atoms with Gasteiger partial charge in [-0.15, -0.1) is 0 Å². The van der Waals surface area contributed by atoms with Crippen molar-refractivity contribution in [3.05, 3.63) is 48.2 Å². The zero-order chi connectivity index (χ0) is 21.0. The maximum atomic E-state index is 12.8. The van der Waals surface area contributed by atoms with Crippen LogP contribution >= 0.6 is 0 Å². The van der Waals surface area contributed by atoms with Gasteiger partial charge in [-0.3, -0.25) is 24.7 Å². The molecule has 1 aliphatic heterocycles. The second kappa shape index (κ2) is 8.36. The summed E-state index contributed by atoms with van der Waals surface area (Å²) in [6, 6.07) is 9.72. The summed E-state index contributed by atoms with van der Waals surface area (Å²) in [5.74, 6) is -3.08. The molecular formula is C20H20FN3O5. The average Bonchev–Trinajstić information content (AvgIpc) is 3.18. The van der Waals surface area contributed by atoms with Crippen LogP contribution in [0.15, 0.2) is 42.5 Å². The third kappa shape index (κ3) is 4.24. The summed E-state index contributed by atoms with van der Waals surface area (Å²) in [6.45, 7) is 0.316. The van der Waals surface area contributed by atoms with Crippen LogP contribution in [0.3, 0.4) is 0 Å². The van der Waals surface area contributed by atoms with Gasteiger partial charge in [0.05, 0.1) is 23.3 Å². The molecule has 2 atom stereocenters. The topological polar surface area (TPSA) is 118 Å². The van der Waals surface area contributed by atoms with Gasteiger partial charge < -0.3 is 10.4 Å². The highest BCUT2D eigenvalue weighted by Crippen LogP contribution is 2.29. The van der Waals surface area contributed by atoms with E-state index in [0.29, 0.717) is 11.4 Å². The minimum absolute atomic E-state index is 0.187. The van der Waals surface area contributed by atoms with Gasteiger partial charge in [0, 0.05) is 5.39 Å². The van der Waals surface area contributed by atoms with Gasteiger partial charge in [-0.25, -0.2) is 9.37 Å². The molecule has 9 heteroatoms. The molecule has 152 valence electrons. The lowest BCUT2D eigenvalue weighted by molar-refractivity contribution is -0.147. The summed E-state index contributed by atoms with van der Waals surface area (Å²) in [5.41, 5.74) is 2.96. The van der Waals surface area contributed by atoms with E-state index in [1.165, 1.54) is 6.08 Å². The Labute approximate surface area is 165 Å². The monoisotopic (exact) mass is 401 g/mol. The van der Waals surface area contributed by atoms with Gasteiger partial charge in [-0.2, -0.15) is 0 Å². The van der Waals surface area contributed by atoms with Crippen LogP contribution in [0.1, 0.15) is 25.5 Å². The van der Waals surface area contributed by atoms with Gasteiger partial charge in [0.1, 0.15) is 12.7 Å².